The molecule has 2 aromatic heterocycles. The molecule has 4 aromatic rings. The number of hydrogen-bond acceptors (Lipinski definition) is 6. The molecule has 0 spiro atoms. The average molecular weight is 475 g/mol. The fraction of sp³-hybridized carbons (Fsp3) is 0.300. The number of rotatable bonds is 1. The van der Waals surface area contributed by atoms with Gasteiger partial charge in [0.15, 0.2) is 0 Å². The molecular weight excluding hydrogens is 455 g/mol. The van der Waals surface area contributed by atoms with Crippen LogP contribution in [0.15, 0.2) is 51.9 Å². The number of thiazole rings is 2. The molecule has 4 nitrogen and oxygen atoms in total. The standard InChI is InChI=1S/C13H16BNO2S.C7H4BrNS/c1-12(2)13(3,4)17-14(16-12)9-5-6-11-10(7-9)15-8-18-11;8-5-1-2-7-6(3-5)9-4-10-7/h5-8H,1-4H3;1-4H. The highest BCUT2D eigenvalue weighted by molar-refractivity contribution is 9.10. The van der Waals surface area contributed by atoms with Crippen LogP contribution in [-0.4, -0.2) is 28.3 Å². The number of nitrogens with zero attached hydrogens (tertiary/aromatic N) is 2. The van der Waals surface area contributed by atoms with Gasteiger partial charge in [-0.1, -0.05) is 22.0 Å². The molecule has 0 N–H and O–H groups in total. The van der Waals surface area contributed by atoms with Crippen molar-refractivity contribution >= 4 is 71.6 Å². The quantitative estimate of drug-likeness (QED) is 0.334. The Morgan fingerprint density at radius 1 is 0.821 bits per heavy atom. The molecule has 144 valence electrons. The number of halogens is 1. The third-order valence-corrected chi connectivity index (χ3v) is 7.29. The molecule has 1 saturated heterocycles. The zero-order valence-corrected chi connectivity index (χ0v) is 19.3. The van der Waals surface area contributed by atoms with Crippen LogP contribution in [0.25, 0.3) is 20.4 Å². The first-order chi connectivity index (χ1) is 13.2. The van der Waals surface area contributed by atoms with Gasteiger partial charge in [-0.15, -0.1) is 22.7 Å². The molecule has 8 heteroatoms. The zero-order valence-electron chi connectivity index (χ0n) is 16.1. The third-order valence-electron chi connectivity index (χ3n) is 5.17. The number of benzene rings is 2. The SMILES string of the molecule is Brc1ccc2scnc2c1.CC1(C)OB(c2ccc3scnc3c2)OC1(C)C. The van der Waals surface area contributed by atoms with Crippen molar-refractivity contribution in [3.05, 3.63) is 51.9 Å². The lowest BCUT2D eigenvalue weighted by Crippen LogP contribution is -2.41. The summed E-state index contributed by atoms with van der Waals surface area (Å²) in [5.74, 6) is 0. The summed E-state index contributed by atoms with van der Waals surface area (Å²) in [4.78, 5) is 8.50. The van der Waals surface area contributed by atoms with Crippen molar-refractivity contribution in [2.45, 2.75) is 38.9 Å². The summed E-state index contributed by atoms with van der Waals surface area (Å²) in [7, 11) is -0.305. The van der Waals surface area contributed by atoms with Gasteiger partial charge in [-0.05, 0) is 63.5 Å². The van der Waals surface area contributed by atoms with Crippen molar-refractivity contribution in [3.63, 3.8) is 0 Å². The molecule has 5 rings (SSSR count). The molecule has 1 aliphatic heterocycles. The van der Waals surface area contributed by atoms with Crippen LogP contribution in [0.5, 0.6) is 0 Å². The van der Waals surface area contributed by atoms with Gasteiger partial charge >= 0.3 is 7.12 Å². The summed E-state index contributed by atoms with van der Waals surface area (Å²) in [6.45, 7) is 8.26. The maximum atomic E-state index is 6.03. The highest BCUT2D eigenvalue weighted by Gasteiger charge is 2.51. The van der Waals surface area contributed by atoms with Crippen molar-refractivity contribution in [2.75, 3.05) is 0 Å². The monoisotopic (exact) mass is 474 g/mol. The Bertz CT molecular complexity index is 1110. The van der Waals surface area contributed by atoms with Gasteiger partial charge in [-0.2, -0.15) is 0 Å². The second-order valence-electron chi connectivity index (χ2n) is 7.63. The number of aromatic nitrogens is 2. The molecule has 0 aliphatic carbocycles. The van der Waals surface area contributed by atoms with E-state index in [9.17, 15) is 0 Å². The van der Waals surface area contributed by atoms with E-state index in [-0.39, 0.29) is 18.3 Å². The van der Waals surface area contributed by atoms with Crippen LogP contribution in [0.1, 0.15) is 27.7 Å². The van der Waals surface area contributed by atoms with E-state index < -0.39 is 0 Å². The van der Waals surface area contributed by atoms with Crippen LogP contribution >= 0.6 is 38.6 Å². The summed E-state index contributed by atoms with van der Waals surface area (Å²) >= 11 is 6.69. The fourth-order valence-electron chi connectivity index (χ4n) is 2.83. The molecule has 2 aromatic carbocycles. The van der Waals surface area contributed by atoms with Crippen molar-refractivity contribution in [2.24, 2.45) is 0 Å². The van der Waals surface area contributed by atoms with E-state index in [2.05, 4.69) is 71.8 Å². The van der Waals surface area contributed by atoms with Gasteiger partial charge in [0, 0.05) is 4.47 Å². The van der Waals surface area contributed by atoms with Crippen molar-refractivity contribution in [1.82, 2.24) is 9.97 Å². The van der Waals surface area contributed by atoms with Crippen molar-refractivity contribution < 1.29 is 9.31 Å². The molecule has 0 amide bonds. The number of fused-ring (bicyclic) bond motifs is 2. The summed E-state index contributed by atoms with van der Waals surface area (Å²) in [6.07, 6.45) is 0. The highest BCUT2D eigenvalue weighted by Crippen LogP contribution is 2.36. The molecule has 0 atom stereocenters. The molecular formula is C20H20BBrN2O2S2. The Labute approximate surface area is 181 Å². The Morgan fingerprint density at radius 3 is 1.96 bits per heavy atom. The van der Waals surface area contributed by atoms with E-state index in [1.165, 1.54) is 9.40 Å². The second-order valence-corrected chi connectivity index (χ2v) is 10.3. The first kappa shape index (κ1) is 20.0. The minimum atomic E-state index is -0.305. The van der Waals surface area contributed by atoms with Crippen LogP contribution in [0.4, 0.5) is 0 Å². The first-order valence-corrected chi connectivity index (χ1v) is 11.5. The minimum absolute atomic E-state index is 0.297. The largest absolute Gasteiger partial charge is 0.494 e. The fourth-order valence-corrected chi connectivity index (χ4v) is 4.50. The lowest BCUT2D eigenvalue weighted by atomic mass is 9.79. The van der Waals surface area contributed by atoms with Gasteiger partial charge in [0.1, 0.15) is 0 Å². The molecule has 0 saturated carbocycles. The van der Waals surface area contributed by atoms with E-state index in [4.69, 9.17) is 9.31 Å². The third kappa shape index (κ3) is 3.89. The van der Waals surface area contributed by atoms with Crippen LogP contribution < -0.4 is 5.46 Å². The minimum Gasteiger partial charge on any atom is -0.399 e. The molecule has 0 bridgehead atoms. The smallest absolute Gasteiger partial charge is 0.399 e. The van der Waals surface area contributed by atoms with E-state index >= 15 is 0 Å². The van der Waals surface area contributed by atoms with E-state index in [1.54, 1.807) is 22.7 Å². The Balaban J connectivity index is 0.000000162. The number of hydrogen-bond donors (Lipinski definition) is 0. The predicted molar refractivity (Wildman–Crippen MR) is 123 cm³/mol. The zero-order chi connectivity index (χ0) is 19.9. The van der Waals surface area contributed by atoms with Crippen molar-refractivity contribution in [1.29, 1.82) is 0 Å². The van der Waals surface area contributed by atoms with Crippen molar-refractivity contribution in [3.8, 4) is 0 Å². The van der Waals surface area contributed by atoms with Gasteiger partial charge in [-0.3, -0.25) is 0 Å². The Morgan fingerprint density at radius 2 is 1.36 bits per heavy atom. The summed E-state index contributed by atoms with van der Waals surface area (Å²) < 4.78 is 15.6. The summed E-state index contributed by atoms with van der Waals surface area (Å²) in [5, 5.41) is 0. The Hall–Kier alpha value is -1.32. The Kier molecular flexibility index (Phi) is 5.35. The predicted octanol–water partition coefficient (Wildman–Crippen LogP) is 5.65. The second kappa shape index (κ2) is 7.50. The topological polar surface area (TPSA) is 44.2 Å². The van der Waals surface area contributed by atoms with Crippen LogP contribution in [0.3, 0.4) is 0 Å². The van der Waals surface area contributed by atoms with Gasteiger partial charge in [0.25, 0.3) is 0 Å². The van der Waals surface area contributed by atoms with Crippen LogP contribution in [-0.2, 0) is 9.31 Å². The maximum absolute atomic E-state index is 6.03. The van der Waals surface area contributed by atoms with E-state index in [0.29, 0.717) is 0 Å². The molecule has 3 heterocycles. The lowest BCUT2D eigenvalue weighted by Gasteiger charge is -2.32. The normalized spacial score (nSPS) is 17.7. The molecule has 1 aliphatic rings. The molecule has 0 radical (unpaired) electrons. The molecule has 0 unspecified atom stereocenters. The lowest BCUT2D eigenvalue weighted by molar-refractivity contribution is 0.00578. The first-order valence-electron chi connectivity index (χ1n) is 8.93. The summed E-state index contributed by atoms with van der Waals surface area (Å²) in [5.41, 5.74) is 6.23. The van der Waals surface area contributed by atoms with Gasteiger partial charge in [-0.25, -0.2) is 9.97 Å². The van der Waals surface area contributed by atoms with Crippen LogP contribution in [0, 0.1) is 0 Å². The highest BCUT2D eigenvalue weighted by atomic mass is 79.9. The molecule has 1 fully saturated rings. The van der Waals surface area contributed by atoms with Crippen LogP contribution in [0.2, 0.25) is 0 Å². The van der Waals surface area contributed by atoms with E-state index in [1.807, 2.05) is 29.2 Å². The average Bonchev–Trinajstić information content (AvgIpc) is 3.32. The summed E-state index contributed by atoms with van der Waals surface area (Å²) in [6, 6.07) is 12.3. The van der Waals surface area contributed by atoms with Gasteiger partial charge in [0.05, 0.1) is 42.7 Å². The van der Waals surface area contributed by atoms with Gasteiger partial charge < -0.3 is 9.31 Å². The molecule has 28 heavy (non-hydrogen) atoms. The van der Waals surface area contributed by atoms with E-state index in [0.717, 1.165) is 21.0 Å². The van der Waals surface area contributed by atoms with Gasteiger partial charge in [0.2, 0.25) is 0 Å². The maximum Gasteiger partial charge on any atom is 0.494 e.